The van der Waals surface area contributed by atoms with Crippen molar-refractivity contribution in [2.75, 3.05) is 6.54 Å². The molecule has 0 bridgehead atoms. The van der Waals surface area contributed by atoms with E-state index in [1.54, 1.807) is 11.3 Å². The topological polar surface area (TPSA) is 50.7 Å². The molecule has 0 unspecified atom stereocenters. The molecule has 0 amide bonds. The number of pyridine rings is 1. The van der Waals surface area contributed by atoms with Gasteiger partial charge in [-0.2, -0.15) is 0 Å². The lowest BCUT2D eigenvalue weighted by Gasteiger charge is -2.07. The maximum Gasteiger partial charge on any atom is 0.160 e. The minimum absolute atomic E-state index is 0.647. The van der Waals surface area contributed by atoms with E-state index in [2.05, 4.69) is 40.2 Å². The Morgan fingerprint density at radius 2 is 1.95 bits per heavy atom. The van der Waals surface area contributed by atoms with Gasteiger partial charge < -0.3 is 5.32 Å². The van der Waals surface area contributed by atoms with Gasteiger partial charge in [0.25, 0.3) is 0 Å². The fraction of sp³-hybridized carbons (Fsp3) is 0.312. The van der Waals surface area contributed by atoms with E-state index in [4.69, 9.17) is 0 Å². The number of hydrogen-bond donors (Lipinski definition) is 1. The fourth-order valence-electron chi connectivity index (χ4n) is 2.07. The monoisotopic (exact) mass is 298 g/mol. The van der Waals surface area contributed by atoms with Crippen LogP contribution >= 0.6 is 11.3 Å². The average Bonchev–Trinajstić information content (AvgIpc) is 2.95. The number of rotatable bonds is 5. The van der Waals surface area contributed by atoms with E-state index in [1.165, 1.54) is 4.70 Å². The summed E-state index contributed by atoms with van der Waals surface area (Å²) in [5.41, 5.74) is 3.09. The Bertz CT molecular complexity index is 718. The van der Waals surface area contributed by atoms with Gasteiger partial charge in [-0.1, -0.05) is 13.8 Å². The van der Waals surface area contributed by atoms with E-state index in [-0.39, 0.29) is 0 Å². The van der Waals surface area contributed by atoms with Gasteiger partial charge in [0, 0.05) is 36.3 Å². The second kappa shape index (κ2) is 6.28. The van der Waals surface area contributed by atoms with Crippen LogP contribution in [0, 0.1) is 5.92 Å². The fourth-order valence-corrected chi connectivity index (χ4v) is 2.85. The van der Waals surface area contributed by atoms with Crippen LogP contribution in [-0.4, -0.2) is 21.5 Å². The smallest absolute Gasteiger partial charge is 0.160 e. The van der Waals surface area contributed by atoms with Crippen LogP contribution in [0.1, 0.15) is 19.4 Å². The molecule has 0 aliphatic heterocycles. The van der Waals surface area contributed by atoms with E-state index >= 15 is 0 Å². The first-order valence-electron chi connectivity index (χ1n) is 7.07. The number of aromatic nitrogens is 3. The highest BCUT2D eigenvalue weighted by molar-refractivity contribution is 7.17. The van der Waals surface area contributed by atoms with Crippen LogP contribution in [-0.2, 0) is 6.54 Å². The summed E-state index contributed by atoms with van der Waals surface area (Å²) in [4.78, 5) is 13.3. The van der Waals surface area contributed by atoms with Crippen molar-refractivity contribution in [1.82, 2.24) is 20.3 Å². The summed E-state index contributed by atoms with van der Waals surface area (Å²) < 4.78 is 1.17. The van der Waals surface area contributed by atoms with Crippen LogP contribution < -0.4 is 5.32 Å². The van der Waals surface area contributed by atoms with Crippen molar-refractivity contribution in [2.45, 2.75) is 20.4 Å². The molecule has 0 radical (unpaired) electrons. The number of thiophene rings is 1. The van der Waals surface area contributed by atoms with Gasteiger partial charge in [0.05, 0.1) is 10.2 Å². The molecule has 4 nitrogen and oxygen atoms in total. The Kier molecular flexibility index (Phi) is 4.22. The molecule has 0 aliphatic rings. The number of nitrogens with zero attached hydrogens (tertiary/aromatic N) is 3. The summed E-state index contributed by atoms with van der Waals surface area (Å²) >= 11 is 1.69. The Hall–Kier alpha value is -1.85. The van der Waals surface area contributed by atoms with Gasteiger partial charge in [0.2, 0.25) is 0 Å². The number of fused-ring (bicyclic) bond motifs is 1. The minimum atomic E-state index is 0.647. The summed E-state index contributed by atoms with van der Waals surface area (Å²) in [6.45, 7) is 6.20. The molecular weight excluding hydrogens is 280 g/mol. The Morgan fingerprint density at radius 1 is 1.14 bits per heavy atom. The Labute approximate surface area is 128 Å². The van der Waals surface area contributed by atoms with Crippen LogP contribution in [0.3, 0.4) is 0 Å². The molecule has 0 spiro atoms. The average molecular weight is 298 g/mol. The summed E-state index contributed by atoms with van der Waals surface area (Å²) in [7, 11) is 0. The maximum atomic E-state index is 4.45. The van der Waals surface area contributed by atoms with E-state index in [1.807, 2.05) is 30.0 Å². The maximum absolute atomic E-state index is 4.45. The van der Waals surface area contributed by atoms with Crippen molar-refractivity contribution in [3.05, 3.63) is 41.7 Å². The first kappa shape index (κ1) is 14.1. The summed E-state index contributed by atoms with van der Waals surface area (Å²) in [6.07, 6.45) is 5.60. The molecule has 0 saturated carbocycles. The van der Waals surface area contributed by atoms with E-state index in [9.17, 15) is 0 Å². The van der Waals surface area contributed by atoms with Crippen molar-refractivity contribution in [3.8, 4) is 11.4 Å². The van der Waals surface area contributed by atoms with Crippen molar-refractivity contribution >= 4 is 21.6 Å². The molecular formula is C16H18N4S. The molecule has 0 aromatic carbocycles. The van der Waals surface area contributed by atoms with Gasteiger partial charge in [-0.15, -0.1) is 11.3 Å². The second-order valence-corrected chi connectivity index (χ2v) is 6.42. The third-order valence-electron chi connectivity index (χ3n) is 3.15. The number of hydrogen-bond acceptors (Lipinski definition) is 5. The predicted octanol–water partition coefficient (Wildman–Crippen LogP) is 3.50. The van der Waals surface area contributed by atoms with Crippen LogP contribution in [0.4, 0.5) is 0 Å². The third-order valence-corrected chi connectivity index (χ3v) is 4.00. The molecule has 0 saturated heterocycles. The van der Waals surface area contributed by atoms with Gasteiger partial charge in [0.15, 0.2) is 5.82 Å². The van der Waals surface area contributed by atoms with Crippen molar-refractivity contribution < 1.29 is 0 Å². The highest BCUT2D eigenvalue weighted by Crippen LogP contribution is 2.23. The van der Waals surface area contributed by atoms with Gasteiger partial charge in [-0.3, -0.25) is 4.98 Å². The van der Waals surface area contributed by atoms with Crippen molar-refractivity contribution in [3.63, 3.8) is 0 Å². The zero-order chi connectivity index (χ0) is 14.7. The van der Waals surface area contributed by atoms with Gasteiger partial charge in [-0.25, -0.2) is 9.97 Å². The molecule has 0 atom stereocenters. The lowest BCUT2D eigenvalue weighted by molar-refractivity contribution is 0.551. The predicted molar refractivity (Wildman–Crippen MR) is 87.2 cm³/mol. The molecule has 108 valence electrons. The van der Waals surface area contributed by atoms with Gasteiger partial charge in [0.1, 0.15) is 0 Å². The molecule has 0 fully saturated rings. The van der Waals surface area contributed by atoms with E-state index in [0.717, 1.165) is 35.6 Å². The SMILES string of the molecule is CC(C)CNCc1cnc(-c2cnc3ccsc3c2)nc1. The van der Waals surface area contributed by atoms with Crippen molar-refractivity contribution in [1.29, 1.82) is 0 Å². The van der Waals surface area contributed by atoms with Gasteiger partial charge >= 0.3 is 0 Å². The van der Waals surface area contributed by atoms with Crippen molar-refractivity contribution in [2.24, 2.45) is 5.92 Å². The van der Waals surface area contributed by atoms with Crippen LogP contribution in [0.15, 0.2) is 36.1 Å². The zero-order valence-electron chi connectivity index (χ0n) is 12.2. The first-order chi connectivity index (χ1) is 10.2. The molecule has 3 aromatic heterocycles. The molecule has 5 heteroatoms. The first-order valence-corrected chi connectivity index (χ1v) is 7.95. The van der Waals surface area contributed by atoms with E-state index in [0.29, 0.717) is 5.92 Å². The van der Waals surface area contributed by atoms with Gasteiger partial charge in [-0.05, 0) is 30.0 Å². The Balaban J connectivity index is 1.73. The number of nitrogens with one attached hydrogen (secondary N) is 1. The lowest BCUT2D eigenvalue weighted by atomic mass is 10.2. The van der Waals surface area contributed by atoms with Crippen LogP contribution in [0.5, 0.6) is 0 Å². The second-order valence-electron chi connectivity index (χ2n) is 5.47. The molecule has 3 rings (SSSR count). The molecule has 3 heterocycles. The largest absolute Gasteiger partial charge is 0.312 e. The van der Waals surface area contributed by atoms with Crippen LogP contribution in [0.2, 0.25) is 0 Å². The minimum Gasteiger partial charge on any atom is -0.312 e. The highest BCUT2D eigenvalue weighted by Gasteiger charge is 2.05. The molecule has 1 N–H and O–H groups in total. The quantitative estimate of drug-likeness (QED) is 0.783. The molecule has 21 heavy (non-hydrogen) atoms. The summed E-state index contributed by atoms with van der Waals surface area (Å²) in [5.74, 6) is 1.37. The molecule has 3 aromatic rings. The van der Waals surface area contributed by atoms with Crippen LogP contribution in [0.25, 0.3) is 21.6 Å². The standard InChI is InChI=1S/C16H18N4S/c1-11(2)6-17-7-12-8-19-16(20-9-12)13-5-15-14(18-10-13)3-4-21-15/h3-5,8-11,17H,6-7H2,1-2H3. The molecule has 0 aliphatic carbocycles. The van der Waals surface area contributed by atoms with E-state index < -0.39 is 0 Å². The lowest BCUT2D eigenvalue weighted by Crippen LogP contribution is -2.19. The Morgan fingerprint density at radius 3 is 2.71 bits per heavy atom. The summed E-state index contributed by atoms with van der Waals surface area (Å²) in [5, 5.41) is 5.44. The normalized spacial score (nSPS) is 11.4. The highest BCUT2D eigenvalue weighted by atomic mass is 32.1. The third kappa shape index (κ3) is 3.43. The zero-order valence-corrected chi connectivity index (χ0v) is 13.0. The summed E-state index contributed by atoms with van der Waals surface area (Å²) in [6, 6.07) is 4.12.